The SMILES string of the molecule is CC1CCCCN1C(=O)CC1CSCCN1.Cl. The number of nitrogens with zero attached hydrogens (tertiary/aromatic N) is 1. The van der Waals surface area contributed by atoms with Crippen LogP contribution in [0.5, 0.6) is 0 Å². The number of halogens is 1. The van der Waals surface area contributed by atoms with Crippen LogP contribution in [-0.2, 0) is 4.79 Å². The molecule has 5 heteroatoms. The lowest BCUT2D eigenvalue weighted by Gasteiger charge is -2.35. The molecule has 2 aliphatic rings. The van der Waals surface area contributed by atoms with Crippen LogP contribution >= 0.6 is 24.2 Å². The van der Waals surface area contributed by atoms with E-state index < -0.39 is 0 Å². The van der Waals surface area contributed by atoms with Crippen molar-refractivity contribution in [3.05, 3.63) is 0 Å². The molecule has 100 valence electrons. The Morgan fingerprint density at radius 2 is 2.29 bits per heavy atom. The number of likely N-dealkylation sites (tertiary alicyclic amines) is 1. The molecule has 2 heterocycles. The van der Waals surface area contributed by atoms with Crippen molar-refractivity contribution in [3.8, 4) is 0 Å². The summed E-state index contributed by atoms with van der Waals surface area (Å²) in [6.45, 7) is 4.21. The fourth-order valence-corrected chi connectivity index (χ4v) is 3.50. The van der Waals surface area contributed by atoms with Crippen LogP contribution in [0.2, 0.25) is 0 Å². The van der Waals surface area contributed by atoms with E-state index in [1.54, 1.807) is 0 Å². The lowest BCUT2D eigenvalue weighted by molar-refractivity contribution is -0.134. The van der Waals surface area contributed by atoms with E-state index in [1.165, 1.54) is 25.0 Å². The summed E-state index contributed by atoms with van der Waals surface area (Å²) in [5, 5.41) is 3.44. The zero-order chi connectivity index (χ0) is 11.4. The molecule has 2 rings (SSSR count). The van der Waals surface area contributed by atoms with Crippen LogP contribution in [-0.4, -0.2) is 47.5 Å². The van der Waals surface area contributed by atoms with Gasteiger partial charge in [0.2, 0.25) is 5.91 Å². The van der Waals surface area contributed by atoms with Gasteiger partial charge < -0.3 is 10.2 Å². The first-order chi connectivity index (χ1) is 7.77. The summed E-state index contributed by atoms with van der Waals surface area (Å²) in [6.07, 6.45) is 4.33. The van der Waals surface area contributed by atoms with Crippen molar-refractivity contribution >= 4 is 30.1 Å². The molecule has 1 N–H and O–H groups in total. The minimum absolute atomic E-state index is 0. The molecule has 2 aliphatic heterocycles. The van der Waals surface area contributed by atoms with E-state index in [1.807, 2.05) is 11.8 Å². The van der Waals surface area contributed by atoms with Crippen molar-refractivity contribution in [1.29, 1.82) is 0 Å². The first kappa shape index (κ1) is 15.1. The molecule has 0 aromatic rings. The van der Waals surface area contributed by atoms with Crippen LogP contribution in [0.25, 0.3) is 0 Å². The Hall–Kier alpha value is 0.0700. The summed E-state index contributed by atoms with van der Waals surface area (Å²) in [5.74, 6) is 2.63. The van der Waals surface area contributed by atoms with Gasteiger partial charge in [-0.3, -0.25) is 4.79 Å². The van der Waals surface area contributed by atoms with Crippen LogP contribution in [0.1, 0.15) is 32.6 Å². The van der Waals surface area contributed by atoms with Crippen LogP contribution in [0.15, 0.2) is 0 Å². The molecule has 0 aliphatic carbocycles. The molecule has 2 atom stereocenters. The Labute approximate surface area is 114 Å². The minimum Gasteiger partial charge on any atom is -0.340 e. The van der Waals surface area contributed by atoms with Gasteiger partial charge in [-0.2, -0.15) is 11.8 Å². The number of carbonyl (C=O) groups is 1. The predicted octanol–water partition coefficient (Wildman–Crippen LogP) is 1.90. The maximum absolute atomic E-state index is 12.2. The Morgan fingerprint density at radius 1 is 1.47 bits per heavy atom. The quantitative estimate of drug-likeness (QED) is 0.837. The molecule has 0 spiro atoms. The summed E-state index contributed by atoms with van der Waals surface area (Å²) < 4.78 is 0. The molecular weight excluding hydrogens is 256 g/mol. The fourth-order valence-electron chi connectivity index (χ4n) is 2.55. The van der Waals surface area contributed by atoms with E-state index in [0.717, 1.165) is 18.8 Å². The summed E-state index contributed by atoms with van der Waals surface area (Å²) in [6, 6.07) is 0.859. The molecule has 0 radical (unpaired) electrons. The number of carbonyl (C=O) groups excluding carboxylic acids is 1. The Balaban J connectivity index is 0.00000144. The van der Waals surface area contributed by atoms with Crippen molar-refractivity contribution in [2.24, 2.45) is 0 Å². The van der Waals surface area contributed by atoms with Gasteiger partial charge in [-0.15, -0.1) is 12.4 Å². The molecule has 2 unspecified atom stereocenters. The molecule has 0 saturated carbocycles. The van der Waals surface area contributed by atoms with Crippen LogP contribution in [0.4, 0.5) is 0 Å². The van der Waals surface area contributed by atoms with Gasteiger partial charge in [-0.25, -0.2) is 0 Å². The topological polar surface area (TPSA) is 32.3 Å². The summed E-state index contributed by atoms with van der Waals surface area (Å²) in [5.41, 5.74) is 0. The van der Waals surface area contributed by atoms with Crippen molar-refractivity contribution in [2.45, 2.75) is 44.7 Å². The monoisotopic (exact) mass is 278 g/mol. The number of amides is 1. The second kappa shape index (κ2) is 7.49. The number of hydrogen-bond acceptors (Lipinski definition) is 3. The molecule has 0 aromatic heterocycles. The Kier molecular flexibility index (Phi) is 6.67. The molecule has 0 aromatic carbocycles. The summed E-state index contributed by atoms with van der Waals surface area (Å²) in [7, 11) is 0. The first-order valence-corrected chi connectivity index (χ1v) is 7.53. The molecular formula is C12H23ClN2OS. The van der Waals surface area contributed by atoms with Gasteiger partial charge in [-0.05, 0) is 26.2 Å². The van der Waals surface area contributed by atoms with Crippen molar-refractivity contribution in [2.75, 3.05) is 24.6 Å². The summed E-state index contributed by atoms with van der Waals surface area (Å²) in [4.78, 5) is 14.2. The van der Waals surface area contributed by atoms with Crippen LogP contribution in [0, 0.1) is 0 Å². The smallest absolute Gasteiger partial charge is 0.224 e. The predicted molar refractivity (Wildman–Crippen MR) is 76.0 cm³/mol. The van der Waals surface area contributed by atoms with Gasteiger partial charge in [0, 0.05) is 43.1 Å². The third-order valence-corrected chi connectivity index (χ3v) is 4.67. The third kappa shape index (κ3) is 4.34. The largest absolute Gasteiger partial charge is 0.340 e. The van der Waals surface area contributed by atoms with Gasteiger partial charge in [0.05, 0.1) is 0 Å². The highest BCUT2D eigenvalue weighted by Gasteiger charge is 2.25. The average molecular weight is 279 g/mol. The Morgan fingerprint density at radius 3 is 2.94 bits per heavy atom. The summed E-state index contributed by atoms with van der Waals surface area (Å²) >= 11 is 1.96. The van der Waals surface area contributed by atoms with E-state index in [0.29, 0.717) is 24.4 Å². The van der Waals surface area contributed by atoms with Crippen molar-refractivity contribution in [1.82, 2.24) is 10.2 Å². The van der Waals surface area contributed by atoms with Crippen molar-refractivity contribution < 1.29 is 4.79 Å². The average Bonchev–Trinajstić information content (AvgIpc) is 2.31. The second-order valence-corrected chi connectivity index (χ2v) is 6.01. The standard InChI is InChI=1S/C12H22N2OS.ClH/c1-10-4-2-3-6-14(10)12(15)8-11-9-16-7-5-13-11;/h10-11,13H,2-9H2,1H3;1H. The Bertz CT molecular complexity index is 247. The highest BCUT2D eigenvalue weighted by Crippen LogP contribution is 2.19. The lowest BCUT2D eigenvalue weighted by Crippen LogP contribution is -2.46. The van der Waals surface area contributed by atoms with E-state index in [4.69, 9.17) is 0 Å². The van der Waals surface area contributed by atoms with Crippen LogP contribution in [0.3, 0.4) is 0 Å². The zero-order valence-electron chi connectivity index (χ0n) is 10.5. The highest BCUT2D eigenvalue weighted by atomic mass is 35.5. The van der Waals surface area contributed by atoms with E-state index >= 15 is 0 Å². The highest BCUT2D eigenvalue weighted by molar-refractivity contribution is 7.99. The van der Waals surface area contributed by atoms with Crippen LogP contribution < -0.4 is 5.32 Å². The second-order valence-electron chi connectivity index (χ2n) is 4.86. The van der Waals surface area contributed by atoms with Gasteiger partial charge in [0.25, 0.3) is 0 Å². The van der Waals surface area contributed by atoms with Gasteiger partial charge >= 0.3 is 0 Å². The van der Waals surface area contributed by atoms with Gasteiger partial charge in [-0.1, -0.05) is 0 Å². The number of hydrogen-bond donors (Lipinski definition) is 1. The molecule has 2 saturated heterocycles. The molecule has 3 nitrogen and oxygen atoms in total. The van der Waals surface area contributed by atoms with Gasteiger partial charge in [0.15, 0.2) is 0 Å². The molecule has 1 amide bonds. The maximum atomic E-state index is 12.2. The molecule has 17 heavy (non-hydrogen) atoms. The van der Waals surface area contributed by atoms with Gasteiger partial charge in [0.1, 0.15) is 0 Å². The number of thioether (sulfide) groups is 1. The number of nitrogens with one attached hydrogen (secondary N) is 1. The van der Waals surface area contributed by atoms with E-state index in [2.05, 4.69) is 17.1 Å². The van der Waals surface area contributed by atoms with E-state index in [-0.39, 0.29) is 12.4 Å². The lowest BCUT2D eigenvalue weighted by atomic mass is 10.0. The maximum Gasteiger partial charge on any atom is 0.224 e. The molecule has 0 bridgehead atoms. The minimum atomic E-state index is 0. The van der Waals surface area contributed by atoms with E-state index in [9.17, 15) is 4.79 Å². The number of piperidine rings is 1. The zero-order valence-corrected chi connectivity index (χ0v) is 12.1. The van der Waals surface area contributed by atoms with Crippen molar-refractivity contribution in [3.63, 3.8) is 0 Å². The third-order valence-electron chi connectivity index (χ3n) is 3.54. The first-order valence-electron chi connectivity index (χ1n) is 6.38. The normalized spacial score (nSPS) is 29.6. The fraction of sp³-hybridized carbons (Fsp3) is 0.917. The number of rotatable bonds is 2. The molecule has 2 fully saturated rings.